The van der Waals surface area contributed by atoms with Crippen LogP contribution in [0.5, 0.6) is 17.2 Å². The quantitative estimate of drug-likeness (QED) is 0.640. The summed E-state index contributed by atoms with van der Waals surface area (Å²) in [5.41, 5.74) is 2.82. The number of hydrogen-bond donors (Lipinski definition) is 2. The van der Waals surface area contributed by atoms with Gasteiger partial charge in [0, 0.05) is 22.1 Å². The molecule has 0 bridgehead atoms. The number of amides is 1. The topological polar surface area (TPSA) is 80.7 Å². The number of phenols is 1. The molecule has 1 amide bonds. The molecule has 3 aromatic rings. The summed E-state index contributed by atoms with van der Waals surface area (Å²) in [5, 5.41) is 13.7. The maximum Gasteiger partial charge on any atom is 0.252 e. The second kappa shape index (κ2) is 7.84. The molecule has 7 heteroatoms. The predicted octanol–water partition coefficient (Wildman–Crippen LogP) is 3.96. The van der Waals surface area contributed by atoms with Crippen LogP contribution in [0.4, 0.5) is 0 Å². The number of carbonyl (C=O) groups excluding carboxylic acids is 1. The molecule has 27 heavy (non-hydrogen) atoms. The zero-order valence-electron chi connectivity index (χ0n) is 15.2. The van der Waals surface area contributed by atoms with Crippen LogP contribution in [0.3, 0.4) is 0 Å². The first-order valence-corrected chi connectivity index (χ1v) is 9.01. The molecule has 0 fully saturated rings. The van der Waals surface area contributed by atoms with Crippen molar-refractivity contribution in [2.24, 2.45) is 0 Å². The molecule has 1 heterocycles. The normalized spacial score (nSPS) is 10.7. The Labute approximate surface area is 165 Å². The lowest BCUT2D eigenvalue weighted by atomic mass is 10.1. The molecule has 0 radical (unpaired) electrons. The third kappa shape index (κ3) is 3.98. The first-order chi connectivity index (χ1) is 12.9. The summed E-state index contributed by atoms with van der Waals surface area (Å²) in [4.78, 5) is 17.3. The van der Waals surface area contributed by atoms with Crippen LogP contribution in [0.1, 0.15) is 21.6 Å². The molecular formula is C20H19BrN2O4. The zero-order valence-corrected chi connectivity index (χ0v) is 16.8. The van der Waals surface area contributed by atoms with Crippen LogP contribution in [0, 0.1) is 6.92 Å². The van der Waals surface area contributed by atoms with Gasteiger partial charge in [0.05, 0.1) is 25.3 Å². The van der Waals surface area contributed by atoms with E-state index < -0.39 is 0 Å². The fourth-order valence-corrected chi connectivity index (χ4v) is 3.21. The van der Waals surface area contributed by atoms with Crippen molar-refractivity contribution >= 4 is 32.7 Å². The minimum absolute atomic E-state index is 0.0734. The number of phenolic OH excluding ortho intramolecular Hbond substituents is 1. The second-order valence-electron chi connectivity index (χ2n) is 6.00. The number of hydrogen-bond acceptors (Lipinski definition) is 5. The van der Waals surface area contributed by atoms with E-state index in [2.05, 4.69) is 26.2 Å². The highest BCUT2D eigenvalue weighted by molar-refractivity contribution is 9.10. The first kappa shape index (κ1) is 19.0. The molecule has 6 nitrogen and oxygen atoms in total. The molecule has 2 N–H and O–H groups in total. The van der Waals surface area contributed by atoms with Gasteiger partial charge in [-0.15, -0.1) is 0 Å². The Morgan fingerprint density at radius 2 is 1.81 bits per heavy atom. The Bertz CT molecular complexity index is 995. The van der Waals surface area contributed by atoms with Gasteiger partial charge in [-0.05, 0) is 48.9 Å². The van der Waals surface area contributed by atoms with Crippen LogP contribution >= 0.6 is 15.9 Å². The monoisotopic (exact) mass is 430 g/mol. The van der Waals surface area contributed by atoms with Crippen molar-refractivity contribution in [2.45, 2.75) is 13.5 Å². The molecule has 0 aliphatic heterocycles. The van der Waals surface area contributed by atoms with E-state index in [4.69, 9.17) is 9.47 Å². The number of methoxy groups -OCH3 is 2. The van der Waals surface area contributed by atoms with E-state index in [1.54, 1.807) is 18.2 Å². The minimum atomic E-state index is -0.213. The molecule has 0 aliphatic rings. The molecule has 0 aliphatic carbocycles. The molecule has 3 rings (SSSR count). The number of aromatic nitrogens is 1. The summed E-state index contributed by atoms with van der Waals surface area (Å²) >= 11 is 3.44. The van der Waals surface area contributed by atoms with Crippen molar-refractivity contribution in [1.29, 1.82) is 0 Å². The number of nitrogens with zero attached hydrogens (tertiary/aromatic N) is 1. The largest absolute Gasteiger partial charge is 0.502 e. The number of nitrogens with one attached hydrogen (secondary N) is 1. The maximum atomic E-state index is 12.8. The van der Waals surface area contributed by atoms with Crippen molar-refractivity contribution in [3.63, 3.8) is 0 Å². The summed E-state index contributed by atoms with van der Waals surface area (Å²) < 4.78 is 11.2. The molecule has 0 saturated carbocycles. The number of ether oxygens (including phenoxy) is 2. The van der Waals surface area contributed by atoms with Gasteiger partial charge in [-0.3, -0.25) is 9.78 Å². The summed E-state index contributed by atoms with van der Waals surface area (Å²) in [7, 11) is 2.92. The van der Waals surface area contributed by atoms with Crippen molar-refractivity contribution in [1.82, 2.24) is 10.3 Å². The summed E-state index contributed by atoms with van der Waals surface area (Å²) in [6.45, 7) is 2.11. The fraction of sp³-hybridized carbons (Fsp3) is 0.200. The third-order valence-corrected chi connectivity index (χ3v) is 4.63. The van der Waals surface area contributed by atoms with Crippen molar-refractivity contribution in [3.05, 3.63) is 57.7 Å². The van der Waals surface area contributed by atoms with E-state index in [1.807, 2.05) is 25.1 Å². The molecule has 1 aromatic heterocycles. The minimum Gasteiger partial charge on any atom is -0.502 e. The van der Waals surface area contributed by atoms with Gasteiger partial charge in [-0.2, -0.15) is 0 Å². The number of rotatable bonds is 5. The van der Waals surface area contributed by atoms with Crippen LogP contribution in [0.15, 0.2) is 40.9 Å². The van der Waals surface area contributed by atoms with Crippen molar-refractivity contribution in [3.8, 4) is 17.2 Å². The highest BCUT2D eigenvalue weighted by Crippen LogP contribution is 2.37. The SMILES string of the molecule is COc1cc(CNC(=O)c2cc(C)nc3ccc(Br)cc23)cc(OC)c1O. The number of benzene rings is 2. The van der Waals surface area contributed by atoms with Crippen molar-refractivity contribution < 1.29 is 19.4 Å². The third-order valence-electron chi connectivity index (χ3n) is 4.14. The number of aromatic hydroxyl groups is 1. The van der Waals surface area contributed by atoms with Gasteiger partial charge in [-0.25, -0.2) is 0 Å². The highest BCUT2D eigenvalue weighted by atomic mass is 79.9. The number of fused-ring (bicyclic) bond motifs is 1. The summed E-state index contributed by atoms with van der Waals surface area (Å²) in [6.07, 6.45) is 0. The zero-order chi connectivity index (χ0) is 19.6. The summed E-state index contributed by atoms with van der Waals surface area (Å²) in [6, 6.07) is 10.7. The van der Waals surface area contributed by atoms with Gasteiger partial charge in [0.15, 0.2) is 11.5 Å². The van der Waals surface area contributed by atoms with Gasteiger partial charge in [0.1, 0.15) is 0 Å². The van der Waals surface area contributed by atoms with Crippen LogP contribution in [0.25, 0.3) is 10.9 Å². The standard InChI is InChI=1S/C20H19BrN2O4/c1-11-6-15(14-9-13(21)4-5-16(14)23-11)20(25)22-10-12-7-17(26-2)19(24)18(8-12)27-3/h4-9,24H,10H2,1-3H3,(H,22,25). The van der Waals surface area contributed by atoms with Crippen LogP contribution in [0.2, 0.25) is 0 Å². The Balaban J connectivity index is 1.89. The molecule has 0 spiro atoms. The fourth-order valence-electron chi connectivity index (χ4n) is 2.85. The number of halogens is 1. The molecule has 0 saturated heterocycles. The highest BCUT2D eigenvalue weighted by Gasteiger charge is 2.15. The van der Waals surface area contributed by atoms with Crippen LogP contribution < -0.4 is 14.8 Å². The number of carbonyl (C=O) groups is 1. The molecular weight excluding hydrogens is 412 g/mol. The Morgan fingerprint density at radius 3 is 2.44 bits per heavy atom. The number of pyridine rings is 1. The Morgan fingerprint density at radius 1 is 1.15 bits per heavy atom. The van der Waals surface area contributed by atoms with E-state index in [9.17, 15) is 9.90 Å². The molecule has 0 unspecified atom stereocenters. The Hall–Kier alpha value is -2.80. The lowest BCUT2D eigenvalue weighted by molar-refractivity contribution is 0.0952. The summed E-state index contributed by atoms with van der Waals surface area (Å²) in [5.74, 6) is 0.283. The van der Waals surface area contributed by atoms with Gasteiger partial charge >= 0.3 is 0 Å². The van der Waals surface area contributed by atoms with E-state index in [1.165, 1.54) is 14.2 Å². The van der Waals surface area contributed by atoms with Gasteiger partial charge < -0.3 is 19.9 Å². The predicted molar refractivity (Wildman–Crippen MR) is 107 cm³/mol. The second-order valence-corrected chi connectivity index (χ2v) is 6.92. The van der Waals surface area contributed by atoms with Gasteiger partial charge in [0.2, 0.25) is 5.75 Å². The van der Waals surface area contributed by atoms with E-state index in [0.29, 0.717) is 5.56 Å². The van der Waals surface area contributed by atoms with Gasteiger partial charge in [-0.1, -0.05) is 15.9 Å². The molecule has 2 aromatic carbocycles. The smallest absolute Gasteiger partial charge is 0.252 e. The Kier molecular flexibility index (Phi) is 5.51. The molecule has 140 valence electrons. The average molecular weight is 431 g/mol. The molecule has 0 atom stereocenters. The van der Waals surface area contributed by atoms with Crippen molar-refractivity contribution in [2.75, 3.05) is 14.2 Å². The average Bonchev–Trinajstić information content (AvgIpc) is 2.66. The lowest BCUT2D eigenvalue weighted by Gasteiger charge is -2.13. The van der Waals surface area contributed by atoms with E-state index >= 15 is 0 Å². The van der Waals surface area contributed by atoms with E-state index in [0.717, 1.165) is 26.6 Å². The van der Waals surface area contributed by atoms with Crippen LogP contribution in [-0.2, 0) is 6.54 Å². The van der Waals surface area contributed by atoms with E-state index in [-0.39, 0.29) is 29.7 Å². The number of aryl methyl sites for hydroxylation is 1. The van der Waals surface area contributed by atoms with Crippen LogP contribution in [-0.4, -0.2) is 30.2 Å². The lowest BCUT2D eigenvalue weighted by Crippen LogP contribution is -2.23. The maximum absolute atomic E-state index is 12.8. The van der Waals surface area contributed by atoms with Gasteiger partial charge in [0.25, 0.3) is 5.91 Å². The first-order valence-electron chi connectivity index (χ1n) is 8.22.